The summed E-state index contributed by atoms with van der Waals surface area (Å²) in [7, 11) is 0. The Balaban J connectivity index is 0.00000392. The van der Waals surface area contributed by atoms with Crippen molar-refractivity contribution in [3.63, 3.8) is 0 Å². The number of rotatable bonds is 11. The summed E-state index contributed by atoms with van der Waals surface area (Å²) in [5.41, 5.74) is 7.61. The Bertz CT molecular complexity index is 673. The maximum absolute atomic E-state index is 12.2. The van der Waals surface area contributed by atoms with E-state index < -0.39 is 6.09 Å². The van der Waals surface area contributed by atoms with Crippen LogP contribution in [0.15, 0.2) is 54.6 Å². The minimum Gasteiger partial charge on any atom is -0.494 e. The number of amides is 1. The highest BCUT2D eigenvalue weighted by Crippen LogP contribution is 2.13. The molecule has 0 spiro atoms. The van der Waals surface area contributed by atoms with E-state index >= 15 is 0 Å². The molecule has 162 valence electrons. The molecule has 0 saturated heterocycles. The third-order valence-electron chi connectivity index (χ3n) is 3.96. The van der Waals surface area contributed by atoms with Gasteiger partial charge in [0.2, 0.25) is 0 Å². The quantitative estimate of drug-likeness (QED) is 0.463. The molecule has 29 heavy (non-hydrogen) atoms. The van der Waals surface area contributed by atoms with E-state index in [0.717, 1.165) is 16.9 Å². The van der Waals surface area contributed by atoms with Gasteiger partial charge in [0.05, 0.1) is 6.61 Å². The highest BCUT2D eigenvalue weighted by Gasteiger charge is 2.14. The SMILES string of the molecule is CCOc1ccc(CC(CNCCN)NC(=O)OCc2ccccc2)cc1.Cl.Cl. The van der Waals surface area contributed by atoms with Gasteiger partial charge in [-0.05, 0) is 36.6 Å². The van der Waals surface area contributed by atoms with Crippen LogP contribution in [-0.4, -0.2) is 38.4 Å². The number of carbonyl (C=O) groups excluding carboxylic acids is 1. The standard InChI is InChI=1S/C21H29N3O3.2ClH/c1-2-26-20-10-8-17(9-11-20)14-19(15-23-13-12-22)24-21(25)27-16-18-6-4-3-5-7-18;;/h3-11,19,23H,2,12-16,22H2,1H3,(H,24,25);2*1H. The second-order valence-corrected chi connectivity index (χ2v) is 6.18. The lowest BCUT2D eigenvalue weighted by Gasteiger charge is -2.19. The van der Waals surface area contributed by atoms with Crippen molar-refractivity contribution in [2.45, 2.75) is 26.0 Å². The lowest BCUT2D eigenvalue weighted by atomic mass is 10.1. The van der Waals surface area contributed by atoms with Crippen LogP contribution in [0.25, 0.3) is 0 Å². The van der Waals surface area contributed by atoms with Crippen LogP contribution >= 0.6 is 24.8 Å². The van der Waals surface area contributed by atoms with E-state index in [1.807, 2.05) is 61.5 Å². The molecule has 2 rings (SSSR count). The normalized spacial score (nSPS) is 10.8. The lowest BCUT2D eigenvalue weighted by Crippen LogP contribution is -2.44. The molecule has 0 aliphatic heterocycles. The van der Waals surface area contributed by atoms with Crippen molar-refractivity contribution in [3.8, 4) is 5.75 Å². The summed E-state index contributed by atoms with van der Waals surface area (Å²) in [6.45, 7) is 4.70. The van der Waals surface area contributed by atoms with Gasteiger partial charge in [0.25, 0.3) is 0 Å². The zero-order chi connectivity index (χ0) is 19.3. The molecule has 0 bridgehead atoms. The third-order valence-corrected chi connectivity index (χ3v) is 3.96. The molecule has 1 amide bonds. The van der Waals surface area contributed by atoms with Crippen LogP contribution in [-0.2, 0) is 17.8 Å². The molecule has 0 aromatic heterocycles. The fourth-order valence-electron chi connectivity index (χ4n) is 2.66. The third kappa shape index (κ3) is 10.9. The minimum absolute atomic E-state index is 0. The highest BCUT2D eigenvalue weighted by atomic mass is 35.5. The molecule has 0 radical (unpaired) electrons. The molecule has 0 aliphatic carbocycles. The number of hydrogen-bond donors (Lipinski definition) is 3. The monoisotopic (exact) mass is 443 g/mol. The van der Waals surface area contributed by atoms with Gasteiger partial charge >= 0.3 is 6.09 Å². The van der Waals surface area contributed by atoms with E-state index in [1.54, 1.807) is 0 Å². The zero-order valence-electron chi connectivity index (χ0n) is 16.6. The summed E-state index contributed by atoms with van der Waals surface area (Å²) in [6, 6.07) is 17.4. The van der Waals surface area contributed by atoms with Crippen molar-refractivity contribution in [1.82, 2.24) is 10.6 Å². The van der Waals surface area contributed by atoms with Crippen LogP contribution < -0.4 is 21.1 Å². The summed E-state index contributed by atoms with van der Waals surface area (Å²) >= 11 is 0. The first-order valence-corrected chi connectivity index (χ1v) is 9.31. The van der Waals surface area contributed by atoms with Crippen molar-refractivity contribution in [3.05, 3.63) is 65.7 Å². The Morgan fingerprint density at radius 2 is 1.72 bits per heavy atom. The molecular formula is C21H31Cl2N3O3. The Morgan fingerprint density at radius 1 is 1.03 bits per heavy atom. The molecular weight excluding hydrogens is 413 g/mol. The van der Waals surface area contributed by atoms with Gasteiger partial charge in [-0.3, -0.25) is 0 Å². The van der Waals surface area contributed by atoms with Crippen molar-refractivity contribution in [2.75, 3.05) is 26.2 Å². The Hall–Kier alpha value is -1.99. The number of carbonyl (C=O) groups is 1. The maximum Gasteiger partial charge on any atom is 0.407 e. The fraction of sp³-hybridized carbons (Fsp3) is 0.381. The topological polar surface area (TPSA) is 85.6 Å². The first-order chi connectivity index (χ1) is 13.2. The van der Waals surface area contributed by atoms with Crippen molar-refractivity contribution in [2.24, 2.45) is 5.73 Å². The maximum atomic E-state index is 12.2. The van der Waals surface area contributed by atoms with Crippen LogP contribution in [0.3, 0.4) is 0 Å². The molecule has 2 aromatic carbocycles. The van der Waals surface area contributed by atoms with E-state index in [0.29, 0.717) is 32.7 Å². The molecule has 0 fully saturated rings. The number of nitrogens with one attached hydrogen (secondary N) is 2. The van der Waals surface area contributed by atoms with Gasteiger partial charge in [0.15, 0.2) is 0 Å². The van der Waals surface area contributed by atoms with Gasteiger partial charge in [-0.1, -0.05) is 42.5 Å². The number of ether oxygens (including phenoxy) is 2. The molecule has 6 nitrogen and oxygen atoms in total. The van der Waals surface area contributed by atoms with Crippen molar-refractivity contribution in [1.29, 1.82) is 0 Å². The van der Waals surface area contributed by atoms with E-state index in [9.17, 15) is 4.79 Å². The number of nitrogens with two attached hydrogens (primary N) is 1. The summed E-state index contributed by atoms with van der Waals surface area (Å²) < 4.78 is 10.8. The predicted octanol–water partition coefficient (Wildman–Crippen LogP) is 3.31. The molecule has 2 aromatic rings. The van der Waals surface area contributed by atoms with Crippen LogP contribution in [0.2, 0.25) is 0 Å². The zero-order valence-corrected chi connectivity index (χ0v) is 18.3. The average Bonchev–Trinajstić information content (AvgIpc) is 2.69. The molecule has 0 saturated carbocycles. The van der Waals surface area contributed by atoms with E-state index in [1.165, 1.54) is 0 Å². The van der Waals surface area contributed by atoms with Crippen molar-refractivity contribution >= 4 is 30.9 Å². The summed E-state index contributed by atoms with van der Waals surface area (Å²) in [6.07, 6.45) is 0.258. The second kappa shape index (κ2) is 15.9. The number of benzene rings is 2. The van der Waals surface area contributed by atoms with E-state index in [2.05, 4.69) is 10.6 Å². The second-order valence-electron chi connectivity index (χ2n) is 6.18. The number of alkyl carbamates (subject to hydrolysis) is 1. The minimum atomic E-state index is -0.427. The molecule has 0 aliphatic rings. The summed E-state index contributed by atoms with van der Waals surface area (Å²) in [5, 5.41) is 6.18. The predicted molar refractivity (Wildman–Crippen MR) is 121 cm³/mol. The molecule has 4 N–H and O–H groups in total. The van der Waals surface area contributed by atoms with Crippen LogP contribution in [0.4, 0.5) is 4.79 Å². The lowest BCUT2D eigenvalue weighted by molar-refractivity contribution is 0.135. The van der Waals surface area contributed by atoms with Crippen LogP contribution in [0, 0.1) is 0 Å². The van der Waals surface area contributed by atoms with Gasteiger partial charge in [0, 0.05) is 25.7 Å². The Morgan fingerprint density at radius 3 is 2.34 bits per heavy atom. The summed E-state index contributed by atoms with van der Waals surface area (Å²) in [4.78, 5) is 12.2. The number of hydrogen-bond acceptors (Lipinski definition) is 5. The first kappa shape index (κ1) is 27.0. The number of halogens is 2. The van der Waals surface area contributed by atoms with Gasteiger partial charge in [-0.15, -0.1) is 24.8 Å². The first-order valence-electron chi connectivity index (χ1n) is 9.31. The fourth-order valence-corrected chi connectivity index (χ4v) is 2.66. The van der Waals surface area contributed by atoms with E-state index in [-0.39, 0.29) is 37.5 Å². The molecule has 1 unspecified atom stereocenters. The Kier molecular flexibility index (Phi) is 14.8. The van der Waals surface area contributed by atoms with Gasteiger partial charge in [-0.2, -0.15) is 0 Å². The van der Waals surface area contributed by atoms with Crippen LogP contribution in [0.5, 0.6) is 5.75 Å². The van der Waals surface area contributed by atoms with Gasteiger partial charge in [0.1, 0.15) is 12.4 Å². The van der Waals surface area contributed by atoms with Crippen LogP contribution in [0.1, 0.15) is 18.1 Å². The molecule has 1 atom stereocenters. The smallest absolute Gasteiger partial charge is 0.407 e. The Labute approximate surface area is 185 Å². The molecule has 0 heterocycles. The van der Waals surface area contributed by atoms with Crippen molar-refractivity contribution < 1.29 is 14.3 Å². The molecule has 8 heteroatoms. The largest absolute Gasteiger partial charge is 0.494 e. The average molecular weight is 444 g/mol. The summed E-state index contributed by atoms with van der Waals surface area (Å²) in [5.74, 6) is 0.842. The van der Waals surface area contributed by atoms with Gasteiger partial charge in [-0.25, -0.2) is 4.79 Å². The highest BCUT2D eigenvalue weighted by molar-refractivity contribution is 5.85. The van der Waals surface area contributed by atoms with E-state index in [4.69, 9.17) is 15.2 Å². The van der Waals surface area contributed by atoms with Gasteiger partial charge < -0.3 is 25.8 Å².